The number of pyridine rings is 1. The lowest BCUT2D eigenvalue weighted by atomic mass is 10.0. The summed E-state index contributed by atoms with van der Waals surface area (Å²) in [6.07, 6.45) is 5.12. The number of nitrogens with zero attached hydrogens (tertiary/aromatic N) is 3. The minimum Gasteiger partial charge on any atom is -0.298 e. The maximum absolute atomic E-state index is 4.36. The molecule has 1 fully saturated rings. The van der Waals surface area contributed by atoms with Gasteiger partial charge >= 0.3 is 0 Å². The van der Waals surface area contributed by atoms with Crippen LogP contribution < -0.4 is 0 Å². The number of aromatic amines is 1. The van der Waals surface area contributed by atoms with Crippen molar-refractivity contribution in [2.45, 2.75) is 32.7 Å². The fourth-order valence-electron chi connectivity index (χ4n) is 2.83. The van der Waals surface area contributed by atoms with Crippen molar-refractivity contribution in [1.82, 2.24) is 20.1 Å². The molecule has 0 aliphatic carbocycles. The van der Waals surface area contributed by atoms with Crippen LogP contribution in [0.3, 0.4) is 0 Å². The zero-order valence-corrected chi connectivity index (χ0v) is 11.6. The topological polar surface area (TPSA) is 44.8 Å². The molecule has 4 nitrogen and oxygen atoms in total. The van der Waals surface area contributed by atoms with E-state index in [0.29, 0.717) is 5.92 Å². The molecule has 1 N–H and O–H groups in total. The molecule has 0 bridgehead atoms. The molecule has 3 rings (SSSR count). The SMILES string of the molecule is Cc1ccc(CN2CCC(c3[nH]ncc3C)C2)cn1. The molecule has 1 aliphatic rings. The summed E-state index contributed by atoms with van der Waals surface area (Å²) in [6, 6.07) is 4.26. The van der Waals surface area contributed by atoms with Crippen LogP contribution in [0.5, 0.6) is 0 Å². The maximum Gasteiger partial charge on any atom is 0.0519 e. The largest absolute Gasteiger partial charge is 0.298 e. The second kappa shape index (κ2) is 5.13. The maximum atomic E-state index is 4.36. The van der Waals surface area contributed by atoms with Gasteiger partial charge in [-0.2, -0.15) is 5.10 Å². The van der Waals surface area contributed by atoms with Crippen LogP contribution in [0.15, 0.2) is 24.5 Å². The third-order valence-electron chi connectivity index (χ3n) is 3.93. The van der Waals surface area contributed by atoms with Gasteiger partial charge in [0.1, 0.15) is 0 Å². The Bertz CT molecular complexity index is 544. The highest BCUT2D eigenvalue weighted by molar-refractivity contribution is 5.20. The minimum absolute atomic E-state index is 0.598. The fourth-order valence-corrected chi connectivity index (χ4v) is 2.83. The fraction of sp³-hybridized carbons (Fsp3) is 0.467. The van der Waals surface area contributed by atoms with Crippen molar-refractivity contribution >= 4 is 0 Å². The first-order chi connectivity index (χ1) is 9.22. The van der Waals surface area contributed by atoms with E-state index < -0.39 is 0 Å². The minimum atomic E-state index is 0.598. The zero-order valence-electron chi connectivity index (χ0n) is 11.6. The molecule has 0 amide bonds. The van der Waals surface area contributed by atoms with Gasteiger partial charge in [0.25, 0.3) is 0 Å². The first-order valence-electron chi connectivity index (χ1n) is 6.86. The van der Waals surface area contributed by atoms with Crippen LogP contribution in [-0.4, -0.2) is 33.2 Å². The quantitative estimate of drug-likeness (QED) is 0.917. The Kier molecular flexibility index (Phi) is 3.34. The van der Waals surface area contributed by atoms with Gasteiger partial charge < -0.3 is 0 Å². The highest BCUT2D eigenvalue weighted by Crippen LogP contribution is 2.28. The Morgan fingerprint density at radius 2 is 2.21 bits per heavy atom. The Morgan fingerprint density at radius 1 is 1.32 bits per heavy atom. The van der Waals surface area contributed by atoms with E-state index in [4.69, 9.17) is 0 Å². The molecule has 1 aliphatic heterocycles. The summed E-state index contributed by atoms with van der Waals surface area (Å²) < 4.78 is 0. The number of H-pyrrole nitrogens is 1. The van der Waals surface area contributed by atoms with E-state index in [1.54, 1.807) is 0 Å². The average Bonchev–Trinajstić information content (AvgIpc) is 3.01. The molecule has 100 valence electrons. The molecule has 0 aromatic carbocycles. The zero-order chi connectivity index (χ0) is 13.2. The summed E-state index contributed by atoms with van der Waals surface area (Å²) in [4.78, 5) is 6.86. The van der Waals surface area contributed by atoms with Gasteiger partial charge in [-0.1, -0.05) is 6.07 Å². The lowest BCUT2D eigenvalue weighted by molar-refractivity contribution is 0.326. The highest BCUT2D eigenvalue weighted by Gasteiger charge is 2.25. The smallest absolute Gasteiger partial charge is 0.0519 e. The first-order valence-corrected chi connectivity index (χ1v) is 6.86. The summed E-state index contributed by atoms with van der Waals surface area (Å²) in [5, 5.41) is 7.28. The highest BCUT2D eigenvalue weighted by atomic mass is 15.2. The second-order valence-corrected chi connectivity index (χ2v) is 5.50. The van der Waals surface area contributed by atoms with E-state index in [9.17, 15) is 0 Å². The molecule has 2 aromatic rings. The van der Waals surface area contributed by atoms with Crippen molar-refractivity contribution in [2.75, 3.05) is 13.1 Å². The van der Waals surface area contributed by atoms with E-state index in [1.165, 1.54) is 23.2 Å². The van der Waals surface area contributed by atoms with E-state index >= 15 is 0 Å². The van der Waals surface area contributed by atoms with E-state index in [-0.39, 0.29) is 0 Å². The Balaban J connectivity index is 1.63. The second-order valence-electron chi connectivity index (χ2n) is 5.50. The molecule has 4 heteroatoms. The van der Waals surface area contributed by atoms with Crippen LogP contribution in [0.2, 0.25) is 0 Å². The number of nitrogens with one attached hydrogen (secondary N) is 1. The third-order valence-corrected chi connectivity index (χ3v) is 3.93. The normalized spacial score (nSPS) is 20.0. The lowest BCUT2D eigenvalue weighted by Gasteiger charge is -2.15. The summed E-state index contributed by atoms with van der Waals surface area (Å²) in [6.45, 7) is 7.41. The number of hydrogen-bond acceptors (Lipinski definition) is 3. The Morgan fingerprint density at radius 3 is 2.89 bits per heavy atom. The van der Waals surface area contributed by atoms with Gasteiger partial charge in [0.2, 0.25) is 0 Å². The van der Waals surface area contributed by atoms with E-state index in [1.807, 2.05) is 19.3 Å². The summed E-state index contributed by atoms with van der Waals surface area (Å²) in [5.74, 6) is 0.598. The third kappa shape index (κ3) is 2.68. The molecule has 1 unspecified atom stereocenters. The van der Waals surface area contributed by atoms with Crippen molar-refractivity contribution < 1.29 is 0 Å². The summed E-state index contributed by atoms with van der Waals surface area (Å²) >= 11 is 0. The standard InChI is InChI=1S/C15H20N4/c1-11-7-17-18-15(11)14-5-6-19(10-14)9-13-4-3-12(2)16-8-13/h3-4,7-8,14H,5-6,9-10H2,1-2H3,(H,17,18). The van der Waals surface area contributed by atoms with Crippen LogP contribution in [0.4, 0.5) is 0 Å². The number of hydrogen-bond donors (Lipinski definition) is 1. The van der Waals surface area contributed by atoms with Gasteiger partial charge in [0, 0.05) is 36.6 Å². The van der Waals surface area contributed by atoms with Gasteiger partial charge in [0.15, 0.2) is 0 Å². The number of aromatic nitrogens is 3. The van der Waals surface area contributed by atoms with Gasteiger partial charge in [-0.25, -0.2) is 0 Å². The van der Waals surface area contributed by atoms with Crippen molar-refractivity contribution in [2.24, 2.45) is 0 Å². The van der Waals surface area contributed by atoms with Crippen molar-refractivity contribution in [3.05, 3.63) is 47.0 Å². The predicted molar refractivity (Wildman–Crippen MR) is 74.9 cm³/mol. The average molecular weight is 256 g/mol. The molecular weight excluding hydrogens is 236 g/mol. The van der Waals surface area contributed by atoms with Gasteiger partial charge in [0.05, 0.1) is 6.20 Å². The Labute approximate surface area is 113 Å². The molecule has 1 atom stereocenters. The van der Waals surface area contributed by atoms with Crippen LogP contribution in [0, 0.1) is 13.8 Å². The van der Waals surface area contributed by atoms with Crippen molar-refractivity contribution in [1.29, 1.82) is 0 Å². The molecule has 19 heavy (non-hydrogen) atoms. The van der Waals surface area contributed by atoms with Gasteiger partial charge in [-0.3, -0.25) is 15.0 Å². The molecule has 0 radical (unpaired) electrons. The molecule has 1 saturated heterocycles. The lowest BCUT2D eigenvalue weighted by Crippen LogP contribution is -2.20. The van der Waals surface area contributed by atoms with Crippen LogP contribution in [0.25, 0.3) is 0 Å². The predicted octanol–water partition coefficient (Wildman–Crippen LogP) is 2.41. The molecular formula is C15H20N4. The van der Waals surface area contributed by atoms with Gasteiger partial charge in [-0.15, -0.1) is 0 Å². The first kappa shape index (κ1) is 12.4. The monoisotopic (exact) mass is 256 g/mol. The van der Waals surface area contributed by atoms with Gasteiger partial charge in [-0.05, 0) is 44.0 Å². The van der Waals surface area contributed by atoms with Crippen LogP contribution >= 0.6 is 0 Å². The number of rotatable bonds is 3. The molecule has 0 spiro atoms. The number of aryl methyl sites for hydroxylation is 2. The molecule has 0 saturated carbocycles. The van der Waals surface area contributed by atoms with E-state index in [0.717, 1.165) is 25.3 Å². The number of likely N-dealkylation sites (tertiary alicyclic amines) is 1. The van der Waals surface area contributed by atoms with Crippen molar-refractivity contribution in [3.63, 3.8) is 0 Å². The summed E-state index contributed by atoms with van der Waals surface area (Å²) in [5.41, 5.74) is 4.97. The molecule has 3 heterocycles. The van der Waals surface area contributed by atoms with Crippen LogP contribution in [-0.2, 0) is 6.54 Å². The molecule has 2 aromatic heterocycles. The summed E-state index contributed by atoms with van der Waals surface area (Å²) in [7, 11) is 0. The van der Waals surface area contributed by atoms with Crippen molar-refractivity contribution in [3.8, 4) is 0 Å². The van der Waals surface area contributed by atoms with Crippen LogP contribution in [0.1, 0.15) is 34.9 Å². The van der Waals surface area contributed by atoms with E-state index in [2.05, 4.69) is 39.1 Å². The Hall–Kier alpha value is -1.68.